The van der Waals surface area contributed by atoms with Crippen LogP contribution in [0.2, 0.25) is 10.0 Å². The number of hydrogen-bond donors (Lipinski definition) is 1. The Morgan fingerprint density at radius 2 is 1.66 bits per heavy atom. The Bertz CT molecular complexity index is 1120. The van der Waals surface area contributed by atoms with Gasteiger partial charge in [-0.25, -0.2) is 8.42 Å². The van der Waals surface area contributed by atoms with E-state index in [9.17, 15) is 18.0 Å². The maximum absolute atomic E-state index is 13.7. The Labute approximate surface area is 217 Å². The lowest BCUT2D eigenvalue weighted by Crippen LogP contribution is -2.52. The minimum Gasteiger partial charge on any atom is -0.492 e. The topological polar surface area (TPSA) is 96.0 Å². The first-order chi connectivity index (χ1) is 16.5. The SMILES string of the molecule is CCNC(=O)[C@H](CC)N(Cc1c(Cl)cccc1Cl)C(=O)CN(c1ccccc1OCC)S(C)(=O)=O. The van der Waals surface area contributed by atoms with Gasteiger partial charge in [0, 0.05) is 28.7 Å². The van der Waals surface area contributed by atoms with E-state index in [0.717, 1.165) is 10.6 Å². The predicted octanol–water partition coefficient (Wildman–Crippen LogP) is 4.10. The molecule has 2 rings (SSSR count). The predicted molar refractivity (Wildman–Crippen MR) is 140 cm³/mol. The molecule has 0 unspecified atom stereocenters. The Morgan fingerprint density at radius 3 is 2.20 bits per heavy atom. The van der Waals surface area contributed by atoms with Gasteiger partial charge in [-0.15, -0.1) is 0 Å². The fourth-order valence-electron chi connectivity index (χ4n) is 3.60. The highest BCUT2D eigenvalue weighted by molar-refractivity contribution is 7.92. The maximum Gasteiger partial charge on any atom is 0.244 e. The van der Waals surface area contributed by atoms with Crippen molar-refractivity contribution in [2.45, 2.75) is 39.8 Å². The summed E-state index contributed by atoms with van der Waals surface area (Å²) in [6.45, 7) is 5.40. The lowest BCUT2D eigenvalue weighted by Gasteiger charge is -2.33. The van der Waals surface area contributed by atoms with Crippen LogP contribution in [0.3, 0.4) is 0 Å². The van der Waals surface area contributed by atoms with E-state index in [1.54, 1.807) is 63.2 Å². The standard InChI is InChI=1S/C24H31Cl2N3O5S/c1-5-20(24(31)27-6-2)28(15-17-18(25)11-10-12-19(17)26)23(30)16-29(35(4,32)33)21-13-8-9-14-22(21)34-7-3/h8-14,20H,5-7,15-16H2,1-4H3,(H,27,31)/t20-/m0/s1. The third kappa shape index (κ3) is 7.49. The molecule has 8 nitrogen and oxygen atoms in total. The molecule has 35 heavy (non-hydrogen) atoms. The van der Waals surface area contributed by atoms with Gasteiger partial charge in [0.15, 0.2) is 0 Å². The number of likely N-dealkylation sites (N-methyl/N-ethyl adjacent to an activating group) is 1. The quantitative estimate of drug-likeness (QED) is 0.434. The average Bonchev–Trinajstić information content (AvgIpc) is 2.79. The van der Waals surface area contributed by atoms with Gasteiger partial charge in [-0.1, -0.05) is 48.3 Å². The number of para-hydroxylation sites is 2. The summed E-state index contributed by atoms with van der Waals surface area (Å²) < 4.78 is 32.1. The third-order valence-electron chi connectivity index (χ3n) is 5.24. The number of ether oxygens (including phenoxy) is 1. The van der Waals surface area contributed by atoms with E-state index in [2.05, 4.69) is 5.32 Å². The molecule has 0 aliphatic carbocycles. The Morgan fingerprint density at radius 1 is 1.03 bits per heavy atom. The van der Waals surface area contributed by atoms with E-state index in [-0.39, 0.29) is 18.1 Å². The summed E-state index contributed by atoms with van der Waals surface area (Å²) in [5.41, 5.74) is 0.694. The molecule has 2 aromatic carbocycles. The number of hydrogen-bond acceptors (Lipinski definition) is 5. The molecule has 1 atom stereocenters. The van der Waals surface area contributed by atoms with Gasteiger partial charge in [0.1, 0.15) is 18.3 Å². The lowest BCUT2D eigenvalue weighted by atomic mass is 10.1. The number of nitrogens with one attached hydrogen (secondary N) is 1. The van der Waals surface area contributed by atoms with Gasteiger partial charge in [0.2, 0.25) is 21.8 Å². The van der Waals surface area contributed by atoms with Crippen molar-refractivity contribution in [3.05, 3.63) is 58.1 Å². The minimum absolute atomic E-state index is 0.0717. The van der Waals surface area contributed by atoms with Crippen molar-refractivity contribution < 1.29 is 22.7 Å². The second-order valence-electron chi connectivity index (χ2n) is 7.71. The van der Waals surface area contributed by atoms with E-state index < -0.39 is 28.5 Å². The van der Waals surface area contributed by atoms with Crippen molar-refractivity contribution >= 4 is 50.7 Å². The maximum atomic E-state index is 13.7. The van der Waals surface area contributed by atoms with Crippen LogP contribution in [0.15, 0.2) is 42.5 Å². The van der Waals surface area contributed by atoms with Crippen LogP contribution in [0, 0.1) is 0 Å². The Kier molecular flexibility index (Phi) is 10.7. The first-order valence-corrected chi connectivity index (χ1v) is 13.8. The normalized spacial score (nSPS) is 12.1. The van der Waals surface area contributed by atoms with Gasteiger partial charge in [0.05, 0.1) is 18.6 Å². The lowest BCUT2D eigenvalue weighted by molar-refractivity contribution is -0.140. The van der Waals surface area contributed by atoms with Crippen LogP contribution in [0.4, 0.5) is 5.69 Å². The van der Waals surface area contributed by atoms with Crippen molar-refractivity contribution in [1.29, 1.82) is 0 Å². The smallest absolute Gasteiger partial charge is 0.244 e. The van der Waals surface area contributed by atoms with Gasteiger partial charge >= 0.3 is 0 Å². The summed E-state index contributed by atoms with van der Waals surface area (Å²) in [5, 5.41) is 3.41. The summed E-state index contributed by atoms with van der Waals surface area (Å²) in [6, 6.07) is 10.7. The number of anilines is 1. The molecule has 11 heteroatoms. The number of benzene rings is 2. The van der Waals surface area contributed by atoms with E-state index in [1.165, 1.54) is 4.90 Å². The highest BCUT2D eigenvalue weighted by Crippen LogP contribution is 2.31. The van der Waals surface area contributed by atoms with E-state index in [1.807, 2.05) is 0 Å². The summed E-state index contributed by atoms with van der Waals surface area (Å²) in [6.07, 6.45) is 1.31. The monoisotopic (exact) mass is 543 g/mol. The highest BCUT2D eigenvalue weighted by Gasteiger charge is 2.33. The van der Waals surface area contributed by atoms with Gasteiger partial charge in [-0.3, -0.25) is 13.9 Å². The first kappa shape index (κ1) is 28.7. The van der Waals surface area contributed by atoms with Crippen LogP contribution in [0.25, 0.3) is 0 Å². The summed E-state index contributed by atoms with van der Waals surface area (Å²) >= 11 is 12.7. The minimum atomic E-state index is -3.89. The van der Waals surface area contributed by atoms with Crippen molar-refractivity contribution in [3.8, 4) is 5.75 Å². The molecule has 0 bridgehead atoms. The molecule has 0 saturated heterocycles. The van der Waals surface area contributed by atoms with Crippen LogP contribution in [-0.2, 0) is 26.2 Å². The molecule has 0 heterocycles. The molecule has 0 aliphatic rings. The fourth-order valence-corrected chi connectivity index (χ4v) is 4.97. The van der Waals surface area contributed by atoms with E-state index >= 15 is 0 Å². The number of nitrogens with zero attached hydrogens (tertiary/aromatic N) is 2. The van der Waals surface area contributed by atoms with Crippen LogP contribution >= 0.6 is 23.2 Å². The summed E-state index contributed by atoms with van der Waals surface area (Å²) in [5.74, 6) is -0.618. The molecule has 0 fully saturated rings. The van der Waals surface area contributed by atoms with E-state index in [0.29, 0.717) is 40.9 Å². The van der Waals surface area contributed by atoms with Crippen molar-refractivity contribution in [3.63, 3.8) is 0 Å². The van der Waals surface area contributed by atoms with Gasteiger partial charge in [-0.2, -0.15) is 0 Å². The molecule has 2 aromatic rings. The highest BCUT2D eigenvalue weighted by atomic mass is 35.5. The third-order valence-corrected chi connectivity index (χ3v) is 7.07. The zero-order chi connectivity index (χ0) is 26.2. The molecular weight excluding hydrogens is 513 g/mol. The number of sulfonamides is 1. The summed E-state index contributed by atoms with van der Waals surface area (Å²) in [7, 11) is -3.89. The molecular formula is C24H31Cl2N3O5S. The van der Waals surface area contributed by atoms with Gasteiger partial charge < -0.3 is 15.0 Å². The van der Waals surface area contributed by atoms with Gasteiger partial charge in [0.25, 0.3) is 0 Å². The molecule has 2 amide bonds. The number of halogens is 2. The van der Waals surface area contributed by atoms with Crippen LogP contribution in [0.5, 0.6) is 5.75 Å². The number of carbonyl (C=O) groups excluding carboxylic acids is 2. The second-order valence-corrected chi connectivity index (χ2v) is 10.4. The Balaban J connectivity index is 2.53. The van der Waals surface area contributed by atoms with Crippen molar-refractivity contribution in [2.75, 3.05) is 30.3 Å². The second kappa shape index (κ2) is 13.0. The van der Waals surface area contributed by atoms with E-state index in [4.69, 9.17) is 27.9 Å². The summed E-state index contributed by atoms with van der Waals surface area (Å²) in [4.78, 5) is 27.9. The number of rotatable bonds is 12. The molecule has 0 radical (unpaired) electrons. The number of amides is 2. The molecule has 0 spiro atoms. The first-order valence-electron chi connectivity index (χ1n) is 11.2. The van der Waals surface area contributed by atoms with Gasteiger partial charge in [-0.05, 0) is 44.5 Å². The van der Waals surface area contributed by atoms with Crippen LogP contribution < -0.4 is 14.4 Å². The zero-order valence-electron chi connectivity index (χ0n) is 20.3. The zero-order valence-corrected chi connectivity index (χ0v) is 22.6. The number of carbonyl (C=O) groups is 2. The molecule has 0 saturated carbocycles. The molecule has 0 aromatic heterocycles. The van der Waals surface area contributed by atoms with Crippen molar-refractivity contribution in [1.82, 2.24) is 10.2 Å². The fraction of sp³-hybridized carbons (Fsp3) is 0.417. The average molecular weight is 545 g/mol. The molecule has 192 valence electrons. The largest absolute Gasteiger partial charge is 0.492 e. The Hall–Kier alpha value is -2.49. The molecule has 0 aliphatic heterocycles. The van der Waals surface area contributed by atoms with Crippen molar-refractivity contribution in [2.24, 2.45) is 0 Å². The molecule has 1 N–H and O–H groups in total. The van der Waals surface area contributed by atoms with Crippen LogP contribution in [0.1, 0.15) is 32.8 Å². The van der Waals surface area contributed by atoms with Crippen LogP contribution in [-0.4, -0.2) is 57.1 Å².